The predicted octanol–water partition coefficient (Wildman–Crippen LogP) is 2.33. The molecule has 0 spiro atoms. The zero-order valence-electron chi connectivity index (χ0n) is 11.1. The minimum Gasteiger partial charge on any atom is -0.389 e. The third-order valence-electron chi connectivity index (χ3n) is 3.04. The lowest BCUT2D eigenvalue weighted by Crippen LogP contribution is -2.32. The summed E-state index contributed by atoms with van der Waals surface area (Å²) in [4.78, 5) is 0.356. The maximum absolute atomic E-state index is 5.77. The number of thiocarbonyl (C=S) groups is 1. The second-order valence-corrected chi connectivity index (χ2v) is 5.30. The van der Waals surface area contributed by atoms with Crippen LogP contribution in [0.2, 0.25) is 0 Å². The largest absolute Gasteiger partial charge is 0.389 e. The molecule has 1 aromatic rings. The van der Waals surface area contributed by atoms with Gasteiger partial charge in [0.2, 0.25) is 0 Å². The van der Waals surface area contributed by atoms with Crippen molar-refractivity contribution in [3.63, 3.8) is 0 Å². The summed E-state index contributed by atoms with van der Waals surface area (Å²) in [5.74, 6) is 0.674. The first-order chi connectivity index (χ1) is 7.78. The Morgan fingerprint density at radius 2 is 1.94 bits per heavy atom. The molecule has 0 amide bonds. The number of nitrogens with one attached hydrogen (secondary N) is 1. The van der Waals surface area contributed by atoms with E-state index in [-0.39, 0.29) is 5.54 Å². The van der Waals surface area contributed by atoms with Gasteiger partial charge in [-0.3, -0.25) is 0 Å². The Bertz CT molecular complexity index is 440. The summed E-state index contributed by atoms with van der Waals surface area (Å²) in [6, 6.07) is 0. The summed E-state index contributed by atoms with van der Waals surface area (Å²) in [7, 11) is 0. The molecule has 3 N–H and O–H groups in total. The standard InChI is InChI=1S/C12H20N4S/c1-6-12(4,5)14-11-9(10(13)17)7(2)8(3)15-16-11/h6H2,1-5H3,(H2,13,17)(H,14,16). The monoisotopic (exact) mass is 252 g/mol. The summed E-state index contributed by atoms with van der Waals surface area (Å²) in [5, 5.41) is 11.6. The van der Waals surface area contributed by atoms with Gasteiger partial charge >= 0.3 is 0 Å². The maximum atomic E-state index is 5.77. The van der Waals surface area contributed by atoms with Crippen molar-refractivity contribution in [1.29, 1.82) is 0 Å². The number of nitrogens with two attached hydrogens (primary N) is 1. The van der Waals surface area contributed by atoms with Gasteiger partial charge in [0.1, 0.15) is 4.99 Å². The Morgan fingerprint density at radius 3 is 2.41 bits per heavy atom. The van der Waals surface area contributed by atoms with E-state index in [1.165, 1.54) is 0 Å². The van der Waals surface area contributed by atoms with Gasteiger partial charge in [-0.2, -0.15) is 5.10 Å². The molecule has 0 atom stereocenters. The SMILES string of the molecule is CCC(C)(C)Nc1nnc(C)c(C)c1C(N)=S. The number of aromatic nitrogens is 2. The number of anilines is 1. The highest BCUT2D eigenvalue weighted by Crippen LogP contribution is 2.22. The molecule has 0 aliphatic rings. The van der Waals surface area contributed by atoms with Crippen LogP contribution < -0.4 is 11.1 Å². The molecule has 0 saturated carbocycles. The molecule has 0 aliphatic carbocycles. The molecule has 17 heavy (non-hydrogen) atoms. The van der Waals surface area contributed by atoms with E-state index in [0.717, 1.165) is 23.2 Å². The lowest BCUT2D eigenvalue weighted by Gasteiger charge is -2.26. The average molecular weight is 252 g/mol. The minimum atomic E-state index is -0.0596. The summed E-state index contributed by atoms with van der Waals surface area (Å²) in [5.41, 5.74) is 8.35. The fourth-order valence-corrected chi connectivity index (χ4v) is 1.66. The van der Waals surface area contributed by atoms with Gasteiger partial charge in [0.05, 0.1) is 11.3 Å². The first-order valence-electron chi connectivity index (χ1n) is 5.70. The first kappa shape index (κ1) is 13.8. The van der Waals surface area contributed by atoms with E-state index in [9.17, 15) is 0 Å². The molecule has 0 aromatic carbocycles. The van der Waals surface area contributed by atoms with E-state index in [1.807, 2.05) is 13.8 Å². The molecule has 1 rings (SSSR count). The number of aryl methyl sites for hydroxylation is 1. The molecule has 4 nitrogen and oxygen atoms in total. The summed E-state index contributed by atoms with van der Waals surface area (Å²) in [6.07, 6.45) is 0.971. The van der Waals surface area contributed by atoms with E-state index in [0.29, 0.717) is 10.8 Å². The highest BCUT2D eigenvalue weighted by molar-refractivity contribution is 7.80. The lowest BCUT2D eigenvalue weighted by molar-refractivity contribution is 0.543. The normalized spacial score (nSPS) is 11.4. The van der Waals surface area contributed by atoms with Crippen molar-refractivity contribution < 1.29 is 0 Å². The molecule has 0 aliphatic heterocycles. The molecular weight excluding hydrogens is 232 g/mol. The van der Waals surface area contributed by atoms with Gasteiger partial charge in [0, 0.05) is 5.54 Å². The Kier molecular flexibility index (Phi) is 4.03. The van der Waals surface area contributed by atoms with Gasteiger partial charge in [0.25, 0.3) is 0 Å². The van der Waals surface area contributed by atoms with Crippen LogP contribution in [0.1, 0.15) is 44.0 Å². The Balaban J connectivity index is 3.25. The van der Waals surface area contributed by atoms with E-state index in [4.69, 9.17) is 18.0 Å². The molecule has 5 heteroatoms. The Morgan fingerprint density at radius 1 is 1.35 bits per heavy atom. The summed E-state index contributed by atoms with van der Waals surface area (Å²) in [6.45, 7) is 10.2. The molecule has 0 saturated heterocycles. The molecule has 1 heterocycles. The van der Waals surface area contributed by atoms with Crippen LogP contribution in [0.15, 0.2) is 0 Å². The number of nitrogens with zero attached hydrogens (tertiary/aromatic N) is 2. The van der Waals surface area contributed by atoms with E-state index < -0.39 is 0 Å². The van der Waals surface area contributed by atoms with Gasteiger partial charge in [-0.25, -0.2) is 0 Å². The predicted molar refractivity (Wildman–Crippen MR) is 75.4 cm³/mol. The third-order valence-corrected chi connectivity index (χ3v) is 3.25. The topological polar surface area (TPSA) is 63.8 Å². The smallest absolute Gasteiger partial charge is 0.159 e. The lowest BCUT2D eigenvalue weighted by atomic mass is 10.0. The summed E-state index contributed by atoms with van der Waals surface area (Å²) < 4.78 is 0. The minimum absolute atomic E-state index is 0.0596. The van der Waals surface area contributed by atoms with Crippen LogP contribution in [0.25, 0.3) is 0 Å². The number of hydrogen-bond donors (Lipinski definition) is 2. The van der Waals surface area contributed by atoms with Gasteiger partial charge in [-0.15, -0.1) is 5.10 Å². The van der Waals surface area contributed by atoms with Crippen LogP contribution in [0.4, 0.5) is 5.82 Å². The molecule has 0 radical (unpaired) electrons. The number of rotatable bonds is 4. The van der Waals surface area contributed by atoms with Crippen LogP contribution in [0, 0.1) is 13.8 Å². The summed E-state index contributed by atoms with van der Waals surface area (Å²) >= 11 is 5.09. The average Bonchev–Trinajstić information content (AvgIpc) is 2.23. The maximum Gasteiger partial charge on any atom is 0.159 e. The molecular formula is C12H20N4S. The first-order valence-corrected chi connectivity index (χ1v) is 6.11. The van der Waals surface area contributed by atoms with E-state index in [2.05, 4.69) is 36.3 Å². The van der Waals surface area contributed by atoms with Gasteiger partial charge in [0.15, 0.2) is 5.82 Å². The van der Waals surface area contributed by atoms with Crippen LogP contribution >= 0.6 is 12.2 Å². The number of hydrogen-bond acceptors (Lipinski definition) is 4. The highest BCUT2D eigenvalue weighted by Gasteiger charge is 2.20. The Labute approximate surface area is 108 Å². The van der Waals surface area contributed by atoms with Crippen LogP contribution in [0.3, 0.4) is 0 Å². The van der Waals surface area contributed by atoms with Crippen molar-refractivity contribution in [2.75, 3.05) is 5.32 Å². The molecule has 94 valence electrons. The van der Waals surface area contributed by atoms with Crippen molar-refractivity contribution >= 4 is 23.0 Å². The molecule has 0 fully saturated rings. The molecule has 0 bridgehead atoms. The molecule has 0 unspecified atom stereocenters. The fraction of sp³-hybridized carbons (Fsp3) is 0.583. The van der Waals surface area contributed by atoms with Crippen molar-refractivity contribution in [1.82, 2.24) is 10.2 Å². The zero-order chi connectivity index (χ0) is 13.2. The van der Waals surface area contributed by atoms with Crippen molar-refractivity contribution in [3.05, 3.63) is 16.8 Å². The second kappa shape index (κ2) is 4.96. The zero-order valence-corrected chi connectivity index (χ0v) is 11.9. The quantitative estimate of drug-likeness (QED) is 0.805. The molecule has 1 aromatic heterocycles. The van der Waals surface area contributed by atoms with Crippen LogP contribution in [-0.4, -0.2) is 20.7 Å². The van der Waals surface area contributed by atoms with Crippen molar-refractivity contribution in [3.8, 4) is 0 Å². The van der Waals surface area contributed by atoms with E-state index in [1.54, 1.807) is 0 Å². The fourth-order valence-electron chi connectivity index (χ4n) is 1.41. The van der Waals surface area contributed by atoms with E-state index >= 15 is 0 Å². The van der Waals surface area contributed by atoms with Gasteiger partial charge in [-0.05, 0) is 39.7 Å². The van der Waals surface area contributed by atoms with Gasteiger partial charge < -0.3 is 11.1 Å². The van der Waals surface area contributed by atoms with Crippen LogP contribution in [0.5, 0.6) is 0 Å². The van der Waals surface area contributed by atoms with Crippen molar-refractivity contribution in [2.45, 2.75) is 46.6 Å². The van der Waals surface area contributed by atoms with Gasteiger partial charge in [-0.1, -0.05) is 19.1 Å². The van der Waals surface area contributed by atoms with Crippen molar-refractivity contribution in [2.24, 2.45) is 5.73 Å². The highest BCUT2D eigenvalue weighted by atomic mass is 32.1. The third kappa shape index (κ3) is 3.12. The van der Waals surface area contributed by atoms with Crippen LogP contribution in [-0.2, 0) is 0 Å². The Hall–Kier alpha value is -1.23. The second-order valence-electron chi connectivity index (χ2n) is 4.86.